The van der Waals surface area contributed by atoms with E-state index in [0.29, 0.717) is 101 Å². The summed E-state index contributed by atoms with van der Waals surface area (Å²) in [6, 6.07) is 11.2. The Balaban J connectivity index is 1.19. The van der Waals surface area contributed by atoms with Crippen LogP contribution in [0.3, 0.4) is 0 Å². The van der Waals surface area contributed by atoms with Gasteiger partial charge in [-0.15, -0.1) is 0 Å². The van der Waals surface area contributed by atoms with Crippen molar-refractivity contribution >= 4 is 29.6 Å². The molecule has 0 bridgehead atoms. The quantitative estimate of drug-likeness (QED) is 0.106. The van der Waals surface area contributed by atoms with Gasteiger partial charge < -0.3 is 18.8 Å². The van der Waals surface area contributed by atoms with Crippen molar-refractivity contribution in [3.8, 4) is 11.5 Å². The molecule has 1 atom stereocenters. The average molecular weight is 875 g/mol. The molecule has 2 aliphatic heterocycles. The van der Waals surface area contributed by atoms with Crippen molar-refractivity contribution in [1.29, 1.82) is 0 Å². The number of rotatable bonds is 10. The van der Waals surface area contributed by atoms with Crippen LogP contribution in [0, 0.1) is 19.7 Å². The van der Waals surface area contributed by atoms with Crippen molar-refractivity contribution < 1.29 is 23.0 Å². The van der Waals surface area contributed by atoms with E-state index < -0.39 is 30.2 Å². The van der Waals surface area contributed by atoms with Gasteiger partial charge in [-0.05, 0) is 144 Å². The lowest BCUT2D eigenvalue weighted by atomic mass is 9.75. The van der Waals surface area contributed by atoms with Gasteiger partial charge in [0.1, 0.15) is 30.0 Å². The largest absolute Gasteiger partial charge is 0.438 e. The molecule has 3 aliphatic rings. The van der Waals surface area contributed by atoms with Crippen LogP contribution in [0.2, 0.25) is 0 Å². The molecule has 9 rings (SSSR count). The number of halogens is 1. The van der Waals surface area contributed by atoms with E-state index in [4.69, 9.17) is 14.4 Å². The molecule has 1 saturated carbocycles. The van der Waals surface area contributed by atoms with Crippen LogP contribution in [0.5, 0.6) is 0 Å². The Hall–Kier alpha value is -6.05. The number of hydrogen-bond donors (Lipinski definition) is 1. The zero-order valence-electron chi connectivity index (χ0n) is 36.5. The second kappa shape index (κ2) is 15.9. The first-order valence-corrected chi connectivity index (χ1v) is 24.1. The number of hydrogen-bond acceptors (Lipinski definition) is 8. The molecular weight excluding hydrogens is 823 g/mol. The molecule has 6 aromatic rings. The molecule has 14 nitrogen and oxygen atoms in total. The van der Waals surface area contributed by atoms with Crippen molar-refractivity contribution in [2.24, 2.45) is 0 Å². The van der Waals surface area contributed by atoms with Crippen LogP contribution in [0.4, 0.5) is 4.39 Å². The number of aromatic nitrogens is 7. The fourth-order valence-electron chi connectivity index (χ4n) is 9.55. The predicted molar refractivity (Wildman–Crippen MR) is 240 cm³/mol. The zero-order valence-corrected chi connectivity index (χ0v) is 37.4. The van der Waals surface area contributed by atoms with Crippen molar-refractivity contribution in [3.63, 3.8) is 0 Å². The minimum atomic E-state index is -2.52. The summed E-state index contributed by atoms with van der Waals surface area (Å²) in [5, 5.41) is 10.9. The van der Waals surface area contributed by atoms with Crippen LogP contribution < -0.4 is 11.4 Å². The number of benzene rings is 2. The van der Waals surface area contributed by atoms with Gasteiger partial charge >= 0.3 is 11.4 Å². The average Bonchev–Trinajstić information content (AvgIpc) is 4.04. The minimum absolute atomic E-state index is 0.227. The van der Waals surface area contributed by atoms with Crippen molar-refractivity contribution in [3.05, 3.63) is 145 Å². The third kappa shape index (κ3) is 7.15. The summed E-state index contributed by atoms with van der Waals surface area (Å²) < 4.78 is 45.2. The second-order valence-corrected chi connectivity index (χ2v) is 21.0. The molecule has 1 amide bonds. The number of amides is 1. The molecule has 0 spiro atoms. The van der Waals surface area contributed by atoms with Gasteiger partial charge in [0.15, 0.2) is 5.82 Å². The number of aromatic amines is 1. The molecule has 1 N–H and O–H groups in total. The Bertz CT molecular complexity index is 3030. The van der Waals surface area contributed by atoms with E-state index in [1.165, 1.54) is 14.7 Å². The SMILES string of the molecule is C=C/C(=C\C=C(/C)P(C)(C)=O)n1ccn(-c2c3c(nn2-c2cc(C)c(F)c(C)c2)CCN(C(=O)c2cc4cc(C5CCOCC5)ccc4n2C2(c4noc(=O)[nH]4)CCC2)C3C)c1=O. The number of nitrogens with one attached hydrogen (secondary N) is 1. The molecule has 2 fully saturated rings. The van der Waals surface area contributed by atoms with Gasteiger partial charge in [0.05, 0.1) is 17.4 Å². The van der Waals surface area contributed by atoms with Crippen LogP contribution in [0.25, 0.3) is 28.1 Å². The van der Waals surface area contributed by atoms with Gasteiger partial charge in [-0.25, -0.2) is 18.7 Å². The molecule has 4 aromatic heterocycles. The lowest BCUT2D eigenvalue weighted by molar-refractivity contribution is 0.0648. The second-order valence-electron chi connectivity index (χ2n) is 17.6. The number of H-pyrrole nitrogens is 1. The normalized spacial score (nSPS) is 18.5. The molecule has 2 aromatic carbocycles. The summed E-state index contributed by atoms with van der Waals surface area (Å²) in [6.45, 7) is 16.2. The summed E-state index contributed by atoms with van der Waals surface area (Å²) in [6.07, 6.45) is 12.7. The van der Waals surface area contributed by atoms with Gasteiger partial charge in [0, 0.05) is 60.7 Å². The third-order valence-corrected chi connectivity index (χ3v) is 15.3. The van der Waals surface area contributed by atoms with E-state index in [9.17, 15) is 14.2 Å². The number of nitrogens with zero attached hydrogens (tertiary/aromatic N) is 7. The minimum Gasteiger partial charge on any atom is -0.381 e. The van der Waals surface area contributed by atoms with E-state index in [1.54, 1.807) is 81.5 Å². The molecular formula is C47H52FN8O6P. The van der Waals surface area contributed by atoms with E-state index in [0.717, 1.165) is 30.2 Å². The van der Waals surface area contributed by atoms with Gasteiger partial charge in [0.2, 0.25) is 0 Å². The summed E-state index contributed by atoms with van der Waals surface area (Å²) in [7, 11) is -2.52. The highest BCUT2D eigenvalue weighted by Crippen LogP contribution is 2.48. The predicted octanol–water partition coefficient (Wildman–Crippen LogP) is 8.35. The lowest BCUT2D eigenvalue weighted by Gasteiger charge is -2.43. The van der Waals surface area contributed by atoms with E-state index in [-0.39, 0.29) is 11.7 Å². The lowest BCUT2D eigenvalue weighted by Crippen LogP contribution is -2.46. The summed E-state index contributed by atoms with van der Waals surface area (Å²) in [5.74, 6) is -0.0790. The monoisotopic (exact) mass is 874 g/mol. The zero-order chi connectivity index (χ0) is 44.5. The number of imidazole rings is 1. The van der Waals surface area contributed by atoms with Crippen molar-refractivity contribution in [2.75, 3.05) is 33.1 Å². The number of ether oxygens (including phenoxy) is 1. The summed E-state index contributed by atoms with van der Waals surface area (Å²) in [4.78, 5) is 47.1. The van der Waals surface area contributed by atoms with E-state index in [2.05, 4.69) is 34.9 Å². The van der Waals surface area contributed by atoms with Crippen molar-refractivity contribution in [1.82, 2.24) is 38.5 Å². The van der Waals surface area contributed by atoms with E-state index in [1.807, 2.05) is 22.5 Å². The molecule has 0 radical (unpaired) electrons. The number of aryl methyl sites for hydroxylation is 2. The highest BCUT2D eigenvalue weighted by molar-refractivity contribution is 7.66. The Kier molecular flexibility index (Phi) is 10.7. The van der Waals surface area contributed by atoms with Crippen LogP contribution in [0.1, 0.15) is 102 Å². The van der Waals surface area contributed by atoms with E-state index >= 15 is 9.18 Å². The Morgan fingerprint density at radius 2 is 1.78 bits per heavy atom. The Labute approximate surface area is 363 Å². The Morgan fingerprint density at radius 1 is 1.05 bits per heavy atom. The summed E-state index contributed by atoms with van der Waals surface area (Å²) >= 11 is 0. The topological polar surface area (TPSA) is 155 Å². The maximum absolute atomic E-state index is 15.5. The van der Waals surface area contributed by atoms with Gasteiger partial charge in [-0.1, -0.05) is 23.9 Å². The highest BCUT2D eigenvalue weighted by atomic mass is 31.2. The first-order chi connectivity index (χ1) is 30.1. The fraction of sp³-hybridized carbons (Fsp3) is 0.383. The molecule has 1 unspecified atom stereocenters. The molecule has 328 valence electrons. The van der Waals surface area contributed by atoms with Crippen LogP contribution in [-0.4, -0.2) is 77.5 Å². The molecule has 6 heterocycles. The third-order valence-electron chi connectivity index (χ3n) is 13.4. The van der Waals surface area contributed by atoms with Crippen LogP contribution >= 0.6 is 7.14 Å². The van der Waals surface area contributed by atoms with Gasteiger partial charge in [-0.3, -0.25) is 23.4 Å². The van der Waals surface area contributed by atoms with Crippen LogP contribution in [-0.2, 0) is 21.3 Å². The highest BCUT2D eigenvalue weighted by Gasteiger charge is 2.48. The Morgan fingerprint density at radius 3 is 2.41 bits per heavy atom. The first kappa shape index (κ1) is 42.3. The molecule has 1 aliphatic carbocycles. The summed E-state index contributed by atoms with van der Waals surface area (Å²) in [5.41, 5.74) is 4.51. The van der Waals surface area contributed by atoms with Gasteiger partial charge in [-0.2, -0.15) is 5.10 Å². The number of carbonyl (C=O) groups excluding carboxylic acids is 1. The smallest absolute Gasteiger partial charge is 0.381 e. The maximum Gasteiger partial charge on any atom is 0.438 e. The first-order valence-electron chi connectivity index (χ1n) is 21.5. The number of fused-ring (bicyclic) bond motifs is 2. The van der Waals surface area contributed by atoms with Crippen LogP contribution in [0.15, 0.2) is 93.0 Å². The number of allylic oxidation sites excluding steroid dienone is 5. The fourth-order valence-corrected chi connectivity index (χ4v) is 9.98. The molecule has 1 saturated heterocycles. The maximum atomic E-state index is 15.5. The number of carbonyl (C=O) groups is 1. The van der Waals surface area contributed by atoms with Gasteiger partial charge in [0.25, 0.3) is 5.91 Å². The molecule has 16 heteroatoms. The molecule has 63 heavy (non-hydrogen) atoms. The van der Waals surface area contributed by atoms with Crippen molar-refractivity contribution in [2.45, 2.75) is 83.7 Å². The standard InChI is InChI=1S/C47H52FN8O6P/c1-8-35(12-10-30(4)63(6,7)60)53-20-21-54(46(53)59)42-40-31(5)52(19-14-37(40)50-56(42)36-24-28(2)41(48)29(3)25-36)43(57)39-27-34-26-33(32-15-22-61-23-16-32)11-13-38(34)55(39)47(17-9-18-47)44-49-45(58)62-51-44/h8,10-13,20-21,24-27,31-32H,1,9,14-19,22-23H2,2-7H3,(H,49,51,58)/b30-10+,35-12+.